The average molecular weight is 278 g/mol. The summed E-state index contributed by atoms with van der Waals surface area (Å²) in [6.45, 7) is 1.95. The number of pyridine rings is 1. The van der Waals surface area contributed by atoms with E-state index < -0.39 is 5.97 Å². The molecule has 0 fully saturated rings. The summed E-state index contributed by atoms with van der Waals surface area (Å²) in [5, 5.41) is 0.735. The molecule has 0 atom stereocenters. The maximum absolute atomic E-state index is 11.6. The van der Waals surface area contributed by atoms with Crippen molar-refractivity contribution in [2.75, 3.05) is 6.61 Å². The summed E-state index contributed by atoms with van der Waals surface area (Å²) in [5.41, 5.74) is 1.16. The van der Waals surface area contributed by atoms with Crippen molar-refractivity contribution < 1.29 is 13.9 Å². The van der Waals surface area contributed by atoms with Crippen molar-refractivity contribution in [1.29, 1.82) is 0 Å². The minimum Gasteiger partial charge on any atom is -0.460 e. The van der Waals surface area contributed by atoms with E-state index in [0.717, 1.165) is 0 Å². The number of esters is 1. The fourth-order valence-corrected chi connectivity index (χ4v) is 1.94. The van der Waals surface area contributed by atoms with Crippen LogP contribution in [0.1, 0.15) is 17.5 Å². The molecule has 0 saturated carbocycles. The van der Waals surface area contributed by atoms with Crippen LogP contribution in [0.3, 0.4) is 0 Å². The topological polar surface area (TPSA) is 78.1 Å². The van der Waals surface area contributed by atoms with E-state index in [1.54, 1.807) is 25.3 Å². The van der Waals surface area contributed by atoms with Crippen molar-refractivity contribution in [3.05, 3.63) is 29.3 Å². The number of nitrogens with zero attached hydrogens (tertiary/aromatic N) is 3. The number of rotatable bonds is 2. The van der Waals surface area contributed by atoms with Crippen LogP contribution in [-0.2, 0) is 4.74 Å². The smallest absolute Gasteiger partial charge is 0.376 e. The zero-order chi connectivity index (χ0) is 13.4. The number of fused-ring (bicyclic) bond motifs is 3. The van der Waals surface area contributed by atoms with Crippen LogP contribution in [0.25, 0.3) is 22.2 Å². The van der Waals surface area contributed by atoms with Gasteiger partial charge in [-0.2, -0.15) is 0 Å². The van der Waals surface area contributed by atoms with Gasteiger partial charge >= 0.3 is 5.97 Å². The van der Waals surface area contributed by atoms with Crippen LogP contribution in [0.5, 0.6) is 0 Å². The molecule has 7 heteroatoms. The Kier molecular flexibility index (Phi) is 2.79. The van der Waals surface area contributed by atoms with Crippen LogP contribution in [0.2, 0.25) is 5.15 Å². The van der Waals surface area contributed by atoms with Crippen LogP contribution in [0.15, 0.2) is 22.7 Å². The number of carbonyl (C=O) groups excluding carboxylic acids is 1. The molecule has 0 unspecified atom stereocenters. The van der Waals surface area contributed by atoms with Crippen LogP contribution in [-0.4, -0.2) is 27.5 Å². The number of carbonyl (C=O) groups is 1. The van der Waals surface area contributed by atoms with Gasteiger partial charge in [-0.15, -0.1) is 0 Å². The van der Waals surface area contributed by atoms with Gasteiger partial charge in [-0.1, -0.05) is 11.6 Å². The minimum absolute atomic E-state index is 0.0612. The first-order valence-corrected chi connectivity index (χ1v) is 5.96. The Morgan fingerprint density at radius 2 is 2.32 bits per heavy atom. The molecule has 0 saturated heterocycles. The molecule has 6 nitrogen and oxygen atoms in total. The van der Waals surface area contributed by atoms with E-state index in [-0.39, 0.29) is 17.6 Å². The normalized spacial score (nSPS) is 11.1. The van der Waals surface area contributed by atoms with Crippen molar-refractivity contribution in [2.45, 2.75) is 6.92 Å². The summed E-state index contributed by atoms with van der Waals surface area (Å²) >= 11 is 6.00. The van der Waals surface area contributed by atoms with E-state index in [1.165, 1.54) is 0 Å². The van der Waals surface area contributed by atoms with E-state index in [9.17, 15) is 4.79 Å². The van der Waals surface area contributed by atoms with E-state index in [0.29, 0.717) is 22.2 Å². The molecular weight excluding hydrogens is 270 g/mol. The summed E-state index contributed by atoms with van der Waals surface area (Å²) in [6, 6.07) is 3.53. The second-order valence-corrected chi connectivity index (χ2v) is 4.05. The molecule has 0 amide bonds. The third kappa shape index (κ3) is 1.90. The first-order chi connectivity index (χ1) is 9.20. The maximum Gasteiger partial charge on any atom is 0.376 e. The lowest BCUT2D eigenvalue weighted by molar-refractivity contribution is 0.0512. The molecule has 3 aromatic rings. The second-order valence-electron chi connectivity index (χ2n) is 3.69. The van der Waals surface area contributed by atoms with Crippen LogP contribution < -0.4 is 0 Å². The van der Waals surface area contributed by atoms with Crippen molar-refractivity contribution in [3.63, 3.8) is 0 Å². The van der Waals surface area contributed by atoms with Crippen LogP contribution in [0, 0.1) is 0 Å². The first kappa shape index (κ1) is 11.9. The van der Waals surface area contributed by atoms with Crippen molar-refractivity contribution in [3.8, 4) is 0 Å². The summed E-state index contributed by atoms with van der Waals surface area (Å²) in [6.07, 6.45) is 1.60. The Morgan fingerprint density at radius 3 is 3.11 bits per heavy atom. The molecule has 0 N–H and O–H groups in total. The third-order valence-corrected chi connectivity index (χ3v) is 2.76. The van der Waals surface area contributed by atoms with Gasteiger partial charge in [-0.05, 0) is 19.1 Å². The zero-order valence-corrected chi connectivity index (χ0v) is 10.6. The average Bonchev–Trinajstić information content (AvgIpc) is 2.78. The molecule has 3 heterocycles. The van der Waals surface area contributed by atoms with Gasteiger partial charge < -0.3 is 9.15 Å². The highest BCUT2D eigenvalue weighted by atomic mass is 35.5. The van der Waals surface area contributed by atoms with Gasteiger partial charge in [0.05, 0.1) is 12.0 Å². The lowest BCUT2D eigenvalue weighted by atomic mass is 10.3. The maximum atomic E-state index is 11.6. The standard InChI is InChI=1S/C12H8ClN3O3/c1-2-18-12(17)10-15-7-6-4-3-5-14-11(6)19-8(7)9(13)16-10/h3-5H,2H2,1H3. The highest BCUT2D eigenvalue weighted by Crippen LogP contribution is 2.29. The quantitative estimate of drug-likeness (QED) is 0.529. The predicted molar refractivity (Wildman–Crippen MR) is 68.1 cm³/mol. The number of halogens is 1. The lowest BCUT2D eigenvalue weighted by Gasteiger charge is -2.00. The van der Waals surface area contributed by atoms with E-state index in [4.69, 9.17) is 20.8 Å². The summed E-state index contributed by atoms with van der Waals surface area (Å²) in [4.78, 5) is 23.7. The minimum atomic E-state index is -0.621. The van der Waals surface area contributed by atoms with Gasteiger partial charge in [0.25, 0.3) is 0 Å². The molecule has 0 aromatic carbocycles. The first-order valence-electron chi connectivity index (χ1n) is 5.58. The molecule has 3 rings (SSSR count). The lowest BCUT2D eigenvalue weighted by Crippen LogP contribution is -2.09. The van der Waals surface area contributed by atoms with Crippen LogP contribution >= 0.6 is 11.6 Å². The van der Waals surface area contributed by atoms with Gasteiger partial charge in [0.1, 0.15) is 5.52 Å². The zero-order valence-electron chi connectivity index (χ0n) is 9.88. The number of hydrogen-bond donors (Lipinski definition) is 0. The highest BCUT2D eigenvalue weighted by Gasteiger charge is 2.19. The molecule has 0 aliphatic heterocycles. The Morgan fingerprint density at radius 1 is 1.47 bits per heavy atom. The fourth-order valence-electron chi connectivity index (χ4n) is 1.73. The van der Waals surface area contributed by atoms with Crippen molar-refractivity contribution >= 4 is 39.8 Å². The number of furan rings is 1. The molecule has 3 aromatic heterocycles. The molecule has 0 bridgehead atoms. The fraction of sp³-hybridized carbons (Fsp3) is 0.167. The largest absolute Gasteiger partial charge is 0.460 e. The Hall–Kier alpha value is -2.21. The van der Waals surface area contributed by atoms with E-state index in [1.807, 2.05) is 0 Å². The summed E-state index contributed by atoms with van der Waals surface area (Å²) in [7, 11) is 0. The summed E-state index contributed by atoms with van der Waals surface area (Å²) < 4.78 is 10.3. The van der Waals surface area contributed by atoms with Gasteiger partial charge in [0.15, 0.2) is 10.7 Å². The third-order valence-electron chi connectivity index (χ3n) is 2.51. The van der Waals surface area contributed by atoms with E-state index >= 15 is 0 Å². The SMILES string of the molecule is CCOC(=O)c1nc(Cl)c2oc3ncccc3c2n1. The molecule has 19 heavy (non-hydrogen) atoms. The number of hydrogen-bond acceptors (Lipinski definition) is 6. The second kappa shape index (κ2) is 4.47. The van der Waals surface area contributed by atoms with Crippen molar-refractivity contribution in [2.24, 2.45) is 0 Å². The van der Waals surface area contributed by atoms with Gasteiger partial charge in [0, 0.05) is 6.20 Å². The van der Waals surface area contributed by atoms with Gasteiger partial charge in [0.2, 0.25) is 11.5 Å². The molecule has 96 valence electrons. The summed E-state index contributed by atoms with van der Waals surface area (Å²) in [5.74, 6) is -0.713. The number of ether oxygens (including phenoxy) is 1. The van der Waals surface area contributed by atoms with E-state index in [2.05, 4.69) is 15.0 Å². The Labute approximate surface area is 112 Å². The molecule has 0 spiro atoms. The Bertz CT molecular complexity index is 784. The van der Waals surface area contributed by atoms with Gasteiger partial charge in [-0.3, -0.25) is 0 Å². The Balaban J connectivity index is 2.29. The highest BCUT2D eigenvalue weighted by molar-refractivity contribution is 6.34. The van der Waals surface area contributed by atoms with Crippen LogP contribution in [0.4, 0.5) is 0 Å². The monoisotopic (exact) mass is 277 g/mol. The molecular formula is C12H8ClN3O3. The van der Waals surface area contributed by atoms with Gasteiger partial charge in [-0.25, -0.2) is 19.7 Å². The number of aromatic nitrogens is 3. The molecule has 0 aliphatic rings. The predicted octanol–water partition coefficient (Wildman–Crippen LogP) is 2.60. The molecule has 0 aliphatic carbocycles. The van der Waals surface area contributed by atoms with Crippen molar-refractivity contribution in [1.82, 2.24) is 15.0 Å². The molecule has 0 radical (unpaired) electrons.